The third-order valence-electron chi connectivity index (χ3n) is 5.30. The molecule has 0 aliphatic carbocycles. The summed E-state index contributed by atoms with van der Waals surface area (Å²) in [7, 11) is 2.05. The second kappa shape index (κ2) is 6.06. The van der Waals surface area contributed by atoms with Gasteiger partial charge in [-0.15, -0.1) is 0 Å². The largest absolute Gasteiger partial charge is 0.353 e. The Hall–Kier alpha value is -2.14. The Balaban J connectivity index is 1.39. The monoisotopic (exact) mass is 327 g/mol. The highest BCUT2D eigenvalue weighted by atomic mass is 19.1. The van der Waals surface area contributed by atoms with Gasteiger partial charge in [0, 0.05) is 57.6 Å². The second-order valence-corrected chi connectivity index (χ2v) is 7.02. The van der Waals surface area contributed by atoms with Crippen LogP contribution in [0.15, 0.2) is 42.6 Å². The van der Waals surface area contributed by atoms with E-state index in [0.717, 1.165) is 31.7 Å². The summed E-state index contributed by atoms with van der Waals surface area (Å²) in [6.45, 7) is 3.98. The highest BCUT2D eigenvalue weighted by Crippen LogP contribution is 2.33. The van der Waals surface area contributed by atoms with E-state index in [4.69, 9.17) is 0 Å². The van der Waals surface area contributed by atoms with Crippen molar-refractivity contribution in [3.05, 3.63) is 59.7 Å². The van der Waals surface area contributed by atoms with Crippen LogP contribution < -0.4 is 0 Å². The van der Waals surface area contributed by atoms with Gasteiger partial charge in [0.05, 0.1) is 5.92 Å². The molecule has 2 aromatic rings. The predicted octanol–water partition coefficient (Wildman–Crippen LogP) is 2.25. The first-order chi connectivity index (χ1) is 11.6. The Morgan fingerprint density at radius 1 is 1.12 bits per heavy atom. The molecule has 0 bridgehead atoms. The molecule has 2 saturated heterocycles. The Bertz CT molecular complexity index is 757. The van der Waals surface area contributed by atoms with Crippen molar-refractivity contribution >= 4 is 5.91 Å². The minimum Gasteiger partial charge on any atom is -0.353 e. The number of rotatable bonds is 4. The van der Waals surface area contributed by atoms with Crippen molar-refractivity contribution in [3.63, 3.8) is 0 Å². The average molecular weight is 327 g/mol. The molecule has 3 heterocycles. The first kappa shape index (κ1) is 15.4. The maximum absolute atomic E-state index is 13.3. The quantitative estimate of drug-likeness (QED) is 0.862. The van der Waals surface area contributed by atoms with E-state index in [1.807, 2.05) is 11.0 Å². The van der Waals surface area contributed by atoms with Gasteiger partial charge in [-0.1, -0.05) is 12.1 Å². The molecular weight excluding hydrogens is 305 g/mol. The number of hydrogen-bond acceptors (Lipinski definition) is 2. The molecule has 0 saturated carbocycles. The lowest BCUT2D eigenvalue weighted by Gasteiger charge is -2.22. The van der Waals surface area contributed by atoms with Gasteiger partial charge in [-0.05, 0) is 29.8 Å². The first-order valence-electron chi connectivity index (χ1n) is 8.46. The van der Waals surface area contributed by atoms with Crippen LogP contribution in [0.5, 0.6) is 0 Å². The number of aryl methyl sites for hydroxylation is 1. The zero-order valence-electron chi connectivity index (χ0n) is 13.9. The third-order valence-corrected chi connectivity index (χ3v) is 5.30. The van der Waals surface area contributed by atoms with Gasteiger partial charge in [-0.2, -0.15) is 0 Å². The summed E-state index contributed by atoms with van der Waals surface area (Å²) in [5.41, 5.74) is 2.14. The van der Waals surface area contributed by atoms with Gasteiger partial charge in [-0.25, -0.2) is 4.39 Å². The summed E-state index contributed by atoms with van der Waals surface area (Å²) in [4.78, 5) is 17.0. The molecule has 24 heavy (non-hydrogen) atoms. The number of aromatic nitrogens is 1. The number of carbonyl (C=O) groups is 1. The molecule has 1 aromatic heterocycles. The van der Waals surface area contributed by atoms with Crippen molar-refractivity contribution in [3.8, 4) is 0 Å². The van der Waals surface area contributed by atoms with Crippen LogP contribution in [0.1, 0.15) is 11.3 Å². The van der Waals surface area contributed by atoms with E-state index < -0.39 is 0 Å². The predicted molar refractivity (Wildman–Crippen MR) is 89.5 cm³/mol. The molecule has 2 fully saturated rings. The molecule has 4 nitrogen and oxygen atoms in total. The highest BCUT2D eigenvalue weighted by Gasteiger charge is 2.45. The van der Waals surface area contributed by atoms with E-state index in [1.54, 1.807) is 6.07 Å². The fourth-order valence-corrected chi connectivity index (χ4v) is 4.05. The molecule has 0 unspecified atom stereocenters. The highest BCUT2D eigenvalue weighted by molar-refractivity contribution is 5.82. The number of benzene rings is 1. The van der Waals surface area contributed by atoms with Crippen molar-refractivity contribution in [2.24, 2.45) is 18.9 Å². The van der Waals surface area contributed by atoms with Crippen LogP contribution in [0.2, 0.25) is 0 Å². The summed E-state index contributed by atoms with van der Waals surface area (Å²) in [6.07, 6.45) is 2.05. The number of nitrogens with zero attached hydrogens (tertiary/aromatic N) is 3. The number of halogens is 1. The number of amides is 1. The molecular formula is C19H22FN3O. The molecule has 2 atom stereocenters. The lowest BCUT2D eigenvalue weighted by Crippen LogP contribution is -2.32. The Kier molecular flexibility index (Phi) is 3.88. The van der Waals surface area contributed by atoms with Gasteiger partial charge >= 0.3 is 0 Å². The maximum atomic E-state index is 13.3. The van der Waals surface area contributed by atoms with Crippen LogP contribution in [0.25, 0.3) is 0 Å². The number of carbonyl (C=O) groups excluding carboxylic acids is 1. The van der Waals surface area contributed by atoms with Crippen LogP contribution in [-0.2, 0) is 24.9 Å². The van der Waals surface area contributed by atoms with Crippen LogP contribution in [-0.4, -0.2) is 39.9 Å². The van der Waals surface area contributed by atoms with E-state index in [1.165, 1.54) is 17.8 Å². The Morgan fingerprint density at radius 2 is 2.00 bits per heavy atom. The molecule has 0 spiro atoms. The maximum Gasteiger partial charge on any atom is 0.227 e. The fourth-order valence-electron chi connectivity index (χ4n) is 4.05. The zero-order valence-corrected chi connectivity index (χ0v) is 13.9. The zero-order chi connectivity index (χ0) is 16.7. The van der Waals surface area contributed by atoms with E-state index in [-0.39, 0.29) is 17.6 Å². The van der Waals surface area contributed by atoms with Crippen molar-refractivity contribution in [1.29, 1.82) is 0 Å². The summed E-state index contributed by atoms with van der Waals surface area (Å²) >= 11 is 0. The van der Waals surface area contributed by atoms with Crippen molar-refractivity contribution in [2.45, 2.75) is 13.1 Å². The number of hydrogen-bond donors (Lipinski definition) is 0. The molecule has 2 aliphatic rings. The standard InChI is InChI=1S/C19H22FN3O/c1-21-7-3-6-17(21)12-22-10-15-11-23(19(24)18(15)13-22)9-14-4-2-5-16(20)8-14/h2-8,15,18H,9-13H2,1H3/t15-,18-/m0/s1. The van der Waals surface area contributed by atoms with Crippen LogP contribution in [0.4, 0.5) is 4.39 Å². The summed E-state index contributed by atoms with van der Waals surface area (Å²) < 4.78 is 15.5. The normalized spacial score (nSPS) is 23.9. The van der Waals surface area contributed by atoms with E-state index in [9.17, 15) is 9.18 Å². The molecule has 5 heteroatoms. The van der Waals surface area contributed by atoms with E-state index >= 15 is 0 Å². The molecule has 0 N–H and O–H groups in total. The number of likely N-dealkylation sites (tertiary alicyclic amines) is 2. The Labute approximate surface area is 141 Å². The van der Waals surface area contributed by atoms with Gasteiger partial charge in [-0.3, -0.25) is 9.69 Å². The minimum atomic E-state index is -0.243. The molecule has 4 rings (SSSR count). The van der Waals surface area contributed by atoms with Crippen LogP contribution in [0, 0.1) is 17.7 Å². The van der Waals surface area contributed by atoms with Crippen molar-refractivity contribution in [1.82, 2.24) is 14.4 Å². The first-order valence-corrected chi connectivity index (χ1v) is 8.46. The topological polar surface area (TPSA) is 28.5 Å². The molecule has 1 amide bonds. The smallest absolute Gasteiger partial charge is 0.227 e. The average Bonchev–Trinajstić information content (AvgIpc) is 3.19. The fraction of sp³-hybridized carbons (Fsp3) is 0.421. The van der Waals surface area contributed by atoms with E-state index in [0.29, 0.717) is 12.5 Å². The summed E-state index contributed by atoms with van der Waals surface area (Å²) in [6, 6.07) is 10.7. The molecule has 1 aromatic carbocycles. The molecule has 126 valence electrons. The summed E-state index contributed by atoms with van der Waals surface area (Å²) in [5, 5.41) is 0. The molecule has 0 radical (unpaired) electrons. The summed E-state index contributed by atoms with van der Waals surface area (Å²) in [5.74, 6) is 0.469. The van der Waals surface area contributed by atoms with Crippen LogP contribution in [0.3, 0.4) is 0 Å². The van der Waals surface area contributed by atoms with Gasteiger partial charge in [0.15, 0.2) is 0 Å². The van der Waals surface area contributed by atoms with Gasteiger partial charge < -0.3 is 9.47 Å². The third kappa shape index (κ3) is 2.84. The lowest BCUT2D eigenvalue weighted by molar-refractivity contribution is -0.131. The Morgan fingerprint density at radius 3 is 2.71 bits per heavy atom. The number of fused-ring (bicyclic) bond motifs is 1. The van der Waals surface area contributed by atoms with E-state index in [2.05, 4.69) is 34.8 Å². The SMILES string of the molecule is Cn1cccc1CN1C[C@H]2CN(Cc3cccc(F)c3)C(=O)[C@H]2C1. The van der Waals surface area contributed by atoms with Gasteiger partial charge in [0.1, 0.15) is 5.82 Å². The van der Waals surface area contributed by atoms with Crippen LogP contribution >= 0.6 is 0 Å². The molecule has 2 aliphatic heterocycles. The second-order valence-electron chi connectivity index (χ2n) is 7.02. The van der Waals surface area contributed by atoms with Gasteiger partial charge in [0.2, 0.25) is 5.91 Å². The van der Waals surface area contributed by atoms with Crippen molar-refractivity contribution < 1.29 is 9.18 Å². The van der Waals surface area contributed by atoms with Gasteiger partial charge in [0.25, 0.3) is 0 Å². The minimum absolute atomic E-state index is 0.0961. The van der Waals surface area contributed by atoms with Crippen molar-refractivity contribution in [2.75, 3.05) is 19.6 Å². The lowest BCUT2D eigenvalue weighted by atomic mass is 10.0.